The number of carbonyl (C=O) groups is 2. The molecule has 27 heavy (non-hydrogen) atoms. The van der Waals surface area contributed by atoms with Gasteiger partial charge in [0.1, 0.15) is 0 Å². The molecular weight excluding hydrogens is 342 g/mol. The van der Waals surface area contributed by atoms with Crippen molar-refractivity contribution in [3.63, 3.8) is 0 Å². The molecule has 0 bridgehead atoms. The van der Waals surface area contributed by atoms with E-state index >= 15 is 0 Å². The Morgan fingerprint density at radius 1 is 1.22 bits per heavy atom. The zero-order valence-corrected chi connectivity index (χ0v) is 16.7. The number of carbonyl (C=O) groups excluding carboxylic acids is 2. The first-order chi connectivity index (χ1) is 12.8. The van der Waals surface area contributed by atoms with Crippen molar-refractivity contribution in [3.8, 4) is 0 Å². The van der Waals surface area contributed by atoms with Gasteiger partial charge in [-0.15, -0.1) is 0 Å². The molecule has 1 spiro atoms. The number of pyridine rings is 1. The molecule has 0 aromatic carbocycles. The van der Waals surface area contributed by atoms with Crippen molar-refractivity contribution in [2.75, 3.05) is 26.2 Å². The summed E-state index contributed by atoms with van der Waals surface area (Å²) in [6, 6.07) is 3.13. The summed E-state index contributed by atoms with van der Waals surface area (Å²) in [7, 11) is 1.68. The smallest absolute Gasteiger partial charge is 0.254 e. The van der Waals surface area contributed by atoms with E-state index in [-0.39, 0.29) is 22.8 Å². The van der Waals surface area contributed by atoms with Gasteiger partial charge >= 0.3 is 0 Å². The maximum atomic E-state index is 12.9. The molecule has 1 aromatic rings. The van der Waals surface area contributed by atoms with Crippen molar-refractivity contribution >= 4 is 11.8 Å². The Kier molecular flexibility index (Phi) is 5.72. The van der Waals surface area contributed by atoms with E-state index in [0.29, 0.717) is 24.4 Å². The lowest BCUT2D eigenvalue weighted by atomic mass is 9.73. The van der Waals surface area contributed by atoms with Crippen LogP contribution in [0.4, 0.5) is 0 Å². The first-order valence-corrected chi connectivity index (χ1v) is 10.0. The number of hydrogen-bond acceptors (Lipinski definition) is 3. The predicted molar refractivity (Wildman–Crippen MR) is 105 cm³/mol. The minimum Gasteiger partial charge on any atom is -0.342 e. The molecule has 148 valence electrons. The van der Waals surface area contributed by atoms with Crippen molar-refractivity contribution < 1.29 is 9.59 Å². The zero-order valence-electron chi connectivity index (χ0n) is 16.7. The van der Waals surface area contributed by atoms with Gasteiger partial charge in [-0.25, -0.2) is 0 Å². The summed E-state index contributed by atoms with van der Waals surface area (Å²) in [5.41, 5.74) is 0.285. The van der Waals surface area contributed by atoms with Crippen molar-refractivity contribution in [1.82, 2.24) is 14.4 Å². The molecule has 3 rings (SSSR count). The van der Waals surface area contributed by atoms with Crippen LogP contribution in [0.25, 0.3) is 0 Å². The Hall–Kier alpha value is -2.11. The number of amides is 2. The average Bonchev–Trinajstić information content (AvgIpc) is 2.64. The molecule has 1 aromatic heterocycles. The molecule has 2 fully saturated rings. The molecule has 1 atom stereocenters. The minimum absolute atomic E-state index is 0.00145. The van der Waals surface area contributed by atoms with Crippen LogP contribution in [0.15, 0.2) is 23.1 Å². The van der Waals surface area contributed by atoms with E-state index in [2.05, 4.69) is 13.8 Å². The minimum atomic E-state index is -0.171. The summed E-state index contributed by atoms with van der Waals surface area (Å²) in [5, 5.41) is 0. The number of likely N-dealkylation sites (tertiary alicyclic amines) is 2. The van der Waals surface area contributed by atoms with Crippen molar-refractivity contribution in [1.29, 1.82) is 0 Å². The molecule has 0 radical (unpaired) electrons. The number of hydrogen-bond donors (Lipinski definition) is 0. The van der Waals surface area contributed by atoms with E-state index < -0.39 is 0 Å². The van der Waals surface area contributed by atoms with Crippen LogP contribution < -0.4 is 5.56 Å². The fourth-order valence-corrected chi connectivity index (χ4v) is 4.30. The summed E-state index contributed by atoms with van der Waals surface area (Å²) in [4.78, 5) is 41.1. The van der Waals surface area contributed by atoms with Crippen LogP contribution in [0.3, 0.4) is 0 Å². The summed E-state index contributed by atoms with van der Waals surface area (Å²) >= 11 is 0. The third kappa shape index (κ3) is 4.42. The highest BCUT2D eigenvalue weighted by Crippen LogP contribution is 2.39. The van der Waals surface area contributed by atoms with E-state index in [1.165, 1.54) is 10.6 Å². The van der Waals surface area contributed by atoms with Crippen molar-refractivity contribution in [2.24, 2.45) is 18.4 Å². The van der Waals surface area contributed by atoms with Gasteiger partial charge < -0.3 is 14.4 Å². The van der Waals surface area contributed by atoms with Crippen molar-refractivity contribution in [3.05, 3.63) is 34.2 Å². The quantitative estimate of drug-likeness (QED) is 0.813. The number of aromatic nitrogens is 1. The predicted octanol–water partition coefficient (Wildman–Crippen LogP) is 2.28. The van der Waals surface area contributed by atoms with Crippen LogP contribution in [0.5, 0.6) is 0 Å². The molecule has 2 aliphatic heterocycles. The van der Waals surface area contributed by atoms with Gasteiger partial charge in [-0.3, -0.25) is 14.4 Å². The average molecular weight is 373 g/mol. The number of nitrogens with zero attached hydrogens (tertiary/aromatic N) is 3. The summed E-state index contributed by atoms with van der Waals surface area (Å²) in [6.07, 6.45) is 6.08. The highest BCUT2D eigenvalue weighted by atomic mass is 16.2. The van der Waals surface area contributed by atoms with Gasteiger partial charge in [0.2, 0.25) is 5.91 Å². The van der Waals surface area contributed by atoms with Crippen LogP contribution in [0, 0.1) is 11.3 Å². The fourth-order valence-electron chi connectivity index (χ4n) is 4.30. The largest absolute Gasteiger partial charge is 0.342 e. The Balaban J connectivity index is 1.72. The first-order valence-electron chi connectivity index (χ1n) is 10.0. The Morgan fingerprint density at radius 2 is 2.00 bits per heavy atom. The molecule has 6 nitrogen and oxygen atoms in total. The van der Waals surface area contributed by atoms with Gasteiger partial charge in [-0.05, 0) is 37.7 Å². The lowest BCUT2D eigenvalue weighted by molar-refractivity contribution is -0.139. The molecule has 2 amide bonds. The second-order valence-corrected chi connectivity index (χ2v) is 8.69. The van der Waals surface area contributed by atoms with Crippen LogP contribution in [0.2, 0.25) is 0 Å². The normalized spacial score (nSPS) is 23.3. The SMILES string of the molecule is CC(C)CCN1CC2(CCCN(C(=O)c3ccn(C)c(=O)c3)C2)CCC1=O. The zero-order chi connectivity index (χ0) is 19.6. The number of piperidine rings is 2. The Bertz CT molecular complexity index is 770. The topological polar surface area (TPSA) is 62.6 Å². The van der Waals surface area contributed by atoms with E-state index in [4.69, 9.17) is 0 Å². The van der Waals surface area contributed by atoms with Gasteiger partial charge in [0.25, 0.3) is 11.5 Å². The fraction of sp³-hybridized carbons (Fsp3) is 0.667. The number of rotatable bonds is 4. The summed E-state index contributed by atoms with van der Waals surface area (Å²) in [5.74, 6) is 0.745. The van der Waals surface area contributed by atoms with Crippen LogP contribution in [-0.2, 0) is 11.8 Å². The van der Waals surface area contributed by atoms with Gasteiger partial charge in [0, 0.05) is 62.9 Å². The summed E-state index contributed by atoms with van der Waals surface area (Å²) in [6.45, 7) is 7.30. The molecule has 6 heteroatoms. The molecule has 2 aliphatic rings. The van der Waals surface area contributed by atoms with E-state index in [1.54, 1.807) is 19.3 Å². The van der Waals surface area contributed by atoms with Gasteiger partial charge in [0.05, 0.1) is 0 Å². The molecule has 0 N–H and O–H groups in total. The second-order valence-electron chi connectivity index (χ2n) is 8.69. The molecule has 0 saturated carbocycles. The van der Waals surface area contributed by atoms with Crippen LogP contribution in [-0.4, -0.2) is 52.4 Å². The Labute approximate surface area is 161 Å². The Morgan fingerprint density at radius 3 is 2.70 bits per heavy atom. The first kappa shape index (κ1) is 19.6. The second kappa shape index (κ2) is 7.87. The molecule has 1 unspecified atom stereocenters. The highest BCUT2D eigenvalue weighted by molar-refractivity contribution is 5.94. The third-order valence-corrected chi connectivity index (χ3v) is 6.02. The lowest BCUT2D eigenvalue weighted by Gasteiger charge is -2.48. The van der Waals surface area contributed by atoms with E-state index in [9.17, 15) is 14.4 Å². The standard InChI is InChI=1S/C21H31N3O3/c1-16(2)6-12-23-14-21(9-5-18(23)25)8-4-10-24(15-21)20(27)17-7-11-22(3)19(26)13-17/h7,11,13,16H,4-6,8-10,12,14-15H2,1-3H3. The van der Waals surface area contributed by atoms with Gasteiger partial charge in [0.15, 0.2) is 0 Å². The van der Waals surface area contributed by atoms with Crippen molar-refractivity contribution in [2.45, 2.75) is 46.0 Å². The molecule has 0 aliphatic carbocycles. The van der Waals surface area contributed by atoms with Gasteiger partial charge in [-0.1, -0.05) is 13.8 Å². The lowest BCUT2D eigenvalue weighted by Crippen LogP contribution is -2.55. The van der Waals surface area contributed by atoms with E-state index in [1.807, 2.05) is 9.80 Å². The van der Waals surface area contributed by atoms with Crippen LogP contribution >= 0.6 is 0 Å². The molecular formula is C21H31N3O3. The maximum absolute atomic E-state index is 12.9. The van der Waals surface area contributed by atoms with E-state index in [0.717, 1.165) is 45.3 Å². The number of aryl methyl sites for hydroxylation is 1. The summed E-state index contributed by atoms with van der Waals surface area (Å²) < 4.78 is 1.47. The third-order valence-electron chi connectivity index (χ3n) is 6.02. The highest BCUT2D eigenvalue weighted by Gasteiger charge is 2.42. The maximum Gasteiger partial charge on any atom is 0.254 e. The monoisotopic (exact) mass is 373 g/mol. The molecule has 2 saturated heterocycles. The molecule has 3 heterocycles. The van der Waals surface area contributed by atoms with Gasteiger partial charge in [-0.2, -0.15) is 0 Å². The van der Waals surface area contributed by atoms with Crippen LogP contribution in [0.1, 0.15) is 56.3 Å².